The van der Waals surface area contributed by atoms with Crippen molar-refractivity contribution in [2.45, 2.75) is 0 Å². The average molecular weight is 439 g/mol. The molecule has 1 heterocycles. The molecular weight excluding hydrogens is 417 g/mol. The molecule has 1 aromatic heterocycles. The van der Waals surface area contributed by atoms with Crippen LogP contribution >= 0.6 is 0 Å². The summed E-state index contributed by atoms with van der Waals surface area (Å²) < 4.78 is 0. The maximum atomic E-state index is 7.36. The zero-order chi connectivity index (χ0) is 18.9. The van der Waals surface area contributed by atoms with E-state index in [4.69, 9.17) is 5.73 Å². The zero-order valence-electron chi connectivity index (χ0n) is 15.8. The van der Waals surface area contributed by atoms with Gasteiger partial charge < -0.3 is 5.73 Å². The van der Waals surface area contributed by atoms with Gasteiger partial charge in [0.2, 0.25) is 0 Å². The molecule has 0 fully saturated rings. The van der Waals surface area contributed by atoms with Crippen LogP contribution in [0.2, 0.25) is 0 Å². The summed E-state index contributed by atoms with van der Waals surface area (Å²) in [4.78, 5) is 4.03. The fourth-order valence-electron chi connectivity index (χ4n) is 2.93. The maximum Gasteiger partial charge on any atom is 0.0223 e. The topological polar surface area (TPSA) is 36.7 Å². The van der Waals surface area contributed by atoms with E-state index in [1.54, 1.807) is 6.20 Å². The molecule has 0 aliphatic heterocycles. The van der Waals surface area contributed by atoms with Crippen LogP contribution < -0.4 is 0 Å². The monoisotopic (exact) mass is 439 g/mol. The molecule has 4 rings (SSSR count). The van der Waals surface area contributed by atoms with Gasteiger partial charge in [-0.1, -0.05) is 84.3 Å². The van der Waals surface area contributed by atoms with Crippen molar-refractivity contribution < 1.29 is 32.7 Å². The van der Waals surface area contributed by atoms with Crippen molar-refractivity contribution in [1.82, 2.24) is 4.98 Å². The second-order valence-electron chi connectivity index (χ2n) is 6.07. The van der Waals surface area contributed by atoms with Crippen LogP contribution in [0, 0.1) is 6.92 Å². The third kappa shape index (κ3) is 5.87. The van der Waals surface area contributed by atoms with E-state index in [0.717, 1.165) is 16.5 Å². The van der Waals surface area contributed by atoms with Crippen LogP contribution in [-0.4, -0.2) is 11.5 Å². The second-order valence-corrected chi connectivity index (χ2v) is 6.07. The molecule has 3 heteroatoms. The Labute approximate surface area is 192 Å². The third-order valence-electron chi connectivity index (χ3n) is 4.25. The summed E-state index contributed by atoms with van der Waals surface area (Å²) in [6.07, 6.45) is 5.59. The number of nitrogens with one attached hydrogen (secondary N) is 1. The molecule has 0 aliphatic carbocycles. The Morgan fingerprint density at radius 2 is 1.43 bits per heavy atom. The molecule has 0 atom stereocenters. The zero-order valence-corrected chi connectivity index (χ0v) is 18.6. The number of rotatable bonds is 3. The number of hydrogen-bond donors (Lipinski definition) is 0. The Balaban J connectivity index is 0.000000205. The maximum absolute atomic E-state index is 7.36. The summed E-state index contributed by atoms with van der Waals surface area (Å²) in [6.45, 7) is 4.23. The predicted molar refractivity (Wildman–Crippen MR) is 115 cm³/mol. The van der Waals surface area contributed by atoms with E-state index in [1.807, 2.05) is 72.9 Å². The first-order chi connectivity index (χ1) is 13.3. The molecule has 0 saturated heterocycles. The molecule has 137 valence electrons. The number of pyridine rings is 1. The van der Waals surface area contributed by atoms with Crippen molar-refractivity contribution in [3.05, 3.63) is 133 Å². The van der Waals surface area contributed by atoms with Crippen molar-refractivity contribution in [3.63, 3.8) is 0 Å². The van der Waals surface area contributed by atoms with E-state index in [-0.39, 0.29) is 32.7 Å². The fourth-order valence-corrected chi connectivity index (χ4v) is 2.93. The first-order valence-corrected chi connectivity index (χ1v) is 8.90. The summed E-state index contributed by atoms with van der Waals surface area (Å²) >= 11 is 0. The Morgan fingerprint density at radius 1 is 0.821 bits per heavy atom. The normalized spacial score (nSPS) is 9.61. The van der Waals surface area contributed by atoms with Gasteiger partial charge in [-0.25, -0.2) is 0 Å². The van der Waals surface area contributed by atoms with Gasteiger partial charge >= 0.3 is 0 Å². The SMILES string of the molecule is [CH2-]c1cccc2cnccc12.[NH-]CC=C(c1ccccc1)c1ccccc1.[Y]. The Hall–Kier alpha value is -2.26. The fraction of sp³-hybridized carbons (Fsp3) is 0.0400. The van der Waals surface area contributed by atoms with Gasteiger partial charge in [0.15, 0.2) is 0 Å². The van der Waals surface area contributed by atoms with Crippen LogP contribution in [-0.2, 0) is 32.7 Å². The minimum atomic E-state index is 0. The molecule has 0 aliphatic rings. The molecule has 3 aromatic carbocycles. The van der Waals surface area contributed by atoms with E-state index in [0.29, 0.717) is 6.54 Å². The second kappa shape index (κ2) is 11.6. The summed E-state index contributed by atoms with van der Waals surface area (Å²) in [5, 5.41) is 2.34. The molecule has 0 unspecified atom stereocenters. The van der Waals surface area contributed by atoms with Crippen LogP contribution in [0.25, 0.3) is 22.1 Å². The van der Waals surface area contributed by atoms with Gasteiger partial charge in [0.1, 0.15) is 0 Å². The molecule has 1 radical (unpaired) electrons. The number of fused-ring (bicyclic) bond motifs is 1. The van der Waals surface area contributed by atoms with Crippen LogP contribution in [0.4, 0.5) is 0 Å². The Bertz CT molecular complexity index is 965. The van der Waals surface area contributed by atoms with Gasteiger partial charge in [-0.05, 0) is 16.7 Å². The van der Waals surface area contributed by atoms with Crippen molar-refractivity contribution in [1.29, 1.82) is 0 Å². The number of nitrogens with zero attached hydrogens (tertiary/aromatic N) is 1. The number of benzene rings is 3. The first kappa shape index (κ1) is 22.0. The van der Waals surface area contributed by atoms with Crippen molar-refractivity contribution >= 4 is 16.3 Å². The van der Waals surface area contributed by atoms with E-state index in [1.165, 1.54) is 16.5 Å². The van der Waals surface area contributed by atoms with Crippen LogP contribution in [0.15, 0.2) is 103 Å². The van der Waals surface area contributed by atoms with Crippen LogP contribution in [0.3, 0.4) is 0 Å². The van der Waals surface area contributed by atoms with Gasteiger partial charge in [0.05, 0.1) is 0 Å². The van der Waals surface area contributed by atoms with Gasteiger partial charge in [-0.2, -0.15) is 18.6 Å². The first-order valence-electron chi connectivity index (χ1n) is 8.90. The molecule has 0 amide bonds. The van der Waals surface area contributed by atoms with Gasteiger partial charge in [0.25, 0.3) is 0 Å². The van der Waals surface area contributed by atoms with Gasteiger partial charge in [0, 0.05) is 45.1 Å². The quantitative estimate of drug-likeness (QED) is 0.332. The molecule has 0 spiro atoms. The van der Waals surface area contributed by atoms with Crippen molar-refractivity contribution in [2.24, 2.45) is 0 Å². The van der Waals surface area contributed by atoms with Crippen molar-refractivity contribution in [2.75, 3.05) is 6.54 Å². The Morgan fingerprint density at radius 3 is 1.96 bits per heavy atom. The molecule has 2 nitrogen and oxygen atoms in total. The summed E-state index contributed by atoms with van der Waals surface area (Å²) in [6, 6.07) is 28.4. The third-order valence-corrected chi connectivity index (χ3v) is 4.25. The van der Waals surface area contributed by atoms with Crippen LogP contribution in [0.5, 0.6) is 0 Å². The molecule has 0 bridgehead atoms. The Kier molecular flexibility index (Phi) is 9.10. The van der Waals surface area contributed by atoms with E-state index in [9.17, 15) is 0 Å². The van der Waals surface area contributed by atoms with Gasteiger partial charge in [-0.15, -0.1) is 18.0 Å². The predicted octanol–water partition coefficient (Wildman–Crippen LogP) is 6.58. The molecule has 4 aromatic rings. The summed E-state index contributed by atoms with van der Waals surface area (Å²) in [5.41, 5.74) is 11.9. The number of hydrogen-bond acceptors (Lipinski definition) is 1. The average Bonchev–Trinajstić information content (AvgIpc) is 2.74. The minimum Gasteiger partial charge on any atom is -0.674 e. The van der Waals surface area contributed by atoms with Crippen molar-refractivity contribution in [3.8, 4) is 0 Å². The van der Waals surface area contributed by atoms with E-state index < -0.39 is 0 Å². The van der Waals surface area contributed by atoms with Gasteiger partial charge in [-0.3, -0.25) is 4.98 Å². The molecule has 28 heavy (non-hydrogen) atoms. The van der Waals surface area contributed by atoms with E-state index in [2.05, 4.69) is 36.2 Å². The summed E-state index contributed by atoms with van der Waals surface area (Å²) in [5.74, 6) is 0. The largest absolute Gasteiger partial charge is 0.674 e. The van der Waals surface area contributed by atoms with E-state index >= 15 is 0 Å². The molecular formula is C25H22N2Y-2. The molecule has 1 N–H and O–H groups in total. The molecule has 0 saturated carbocycles. The summed E-state index contributed by atoms with van der Waals surface area (Å²) in [7, 11) is 0. The number of aromatic nitrogens is 1. The minimum absolute atomic E-state index is 0. The standard InChI is InChI=1S/C15H14N.C10H8N.Y/c16-12-11-15(13-7-3-1-4-8-13)14-9-5-2-6-10-14;1-8-3-2-4-9-7-11-6-5-10(8)9;/h1-11,16H,12H2;2-7H,1H2;/q2*-1;. The van der Waals surface area contributed by atoms with Crippen LogP contribution in [0.1, 0.15) is 16.7 Å². The smallest absolute Gasteiger partial charge is 0.0223 e.